The molecule has 0 spiro atoms. The van der Waals surface area contributed by atoms with Crippen LogP contribution in [0.2, 0.25) is 0 Å². The Labute approximate surface area is 164 Å². The third-order valence-electron chi connectivity index (χ3n) is 4.55. The van der Waals surface area contributed by atoms with Gasteiger partial charge in [-0.15, -0.1) is 0 Å². The second kappa shape index (κ2) is 7.09. The van der Waals surface area contributed by atoms with E-state index in [-0.39, 0.29) is 5.56 Å². The molecule has 4 aromatic rings. The number of carbonyl (C=O) groups excluding carboxylic acids is 1. The number of hydrogen-bond donors (Lipinski definition) is 1. The summed E-state index contributed by atoms with van der Waals surface area (Å²) in [5.74, 6) is -0.612. The van der Waals surface area contributed by atoms with E-state index < -0.39 is 17.6 Å². The third kappa shape index (κ3) is 3.85. The molecule has 0 atom stereocenters. The number of hydrogen-bond acceptors (Lipinski definition) is 2. The van der Waals surface area contributed by atoms with Crippen LogP contribution in [0.3, 0.4) is 0 Å². The van der Waals surface area contributed by atoms with E-state index in [1.165, 1.54) is 12.1 Å². The summed E-state index contributed by atoms with van der Waals surface area (Å²) in [6, 6.07) is 15.3. The zero-order valence-electron chi connectivity index (χ0n) is 15.4. The normalized spacial score (nSPS) is 11.6. The lowest BCUT2D eigenvalue weighted by atomic mass is 10.1. The topological polar surface area (TPSA) is 46.4 Å². The molecule has 0 unspecified atom stereocenters. The summed E-state index contributed by atoms with van der Waals surface area (Å²) in [4.78, 5) is 17.1. The molecule has 0 bridgehead atoms. The fourth-order valence-electron chi connectivity index (χ4n) is 3.09. The summed E-state index contributed by atoms with van der Waals surface area (Å²) in [5.41, 5.74) is 2.93. The minimum atomic E-state index is -4.50. The molecule has 0 aliphatic heterocycles. The number of nitrogens with zero attached hydrogens (tertiary/aromatic N) is 2. The zero-order valence-corrected chi connectivity index (χ0v) is 15.4. The van der Waals surface area contributed by atoms with Gasteiger partial charge in [-0.25, -0.2) is 4.98 Å². The number of aromatic nitrogens is 2. The highest BCUT2D eigenvalue weighted by atomic mass is 19.4. The summed E-state index contributed by atoms with van der Waals surface area (Å²) in [6.45, 7) is 1.97. The van der Waals surface area contributed by atoms with Crippen LogP contribution in [0.15, 0.2) is 73.1 Å². The Hall–Kier alpha value is -3.61. The smallest absolute Gasteiger partial charge is 0.322 e. The van der Waals surface area contributed by atoms with E-state index in [0.29, 0.717) is 5.69 Å². The van der Waals surface area contributed by atoms with E-state index in [4.69, 9.17) is 0 Å². The number of aryl methyl sites for hydroxylation is 1. The molecule has 1 N–H and O–H groups in total. The summed E-state index contributed by atoms with van der Waals surface area (Å²) >= 11 is 0. The number of carbonyl (C=O) groups is 1. The van der Waals surface area contributed by atoms with Crippen molar-refractivity contribution in [1.29, 1.82) is 0 Å². The van der Waals surface area contributed by atoms with E-state index in [9.17, 15) is 18.0 Å². The van der Waals surface area contributed by atoms with Crippen molar-refractivity contribution < 1.29 is 18.0 Å². The van der Waals surface area contributed by atoms with Crippen LogP contribution in [0, 0.1) is 6.92 Å². The average Bonchev–Trinajstić information content (AvgIpc) is 3.13. The van der Waals surface area contributed by atoms with Gasteiger partial charge < -0.3 is 9.72 Å². The van der Waals surface area contributed by atoms with Crippen molar-refractivity contribution in [2.45, 2.75) is 13.1 Å². The minimum Gasteiger partial charge on any atom is -0.322 e. The van der Waals surface area contributed by atoms with E-state index in [2.05, 4.69) is 10.3 Å². The van der Waals surface area contributed by atoms with Crippen LogP contribution in [0.25, 0.3) is 16.9 Å². The first-order valence-corrected chi connectivity index (χ1v) is 8.85. The lowest BCUT2D eigenvalue weighted by Gasteiger charge is -2.10. The average molecular weight is 395 g/mol. The van der Waals surface area contributed by atoms with Gasteiger partial charge in [0.05, 0.1) is 11.3 Å². The summed E-state index contributed by atoms with van der Waals surface area (Å²) in [7, 11) is 0. The molecule has 4 nitrogen and oxygen atoms in total. The highest BCUT2D eigenvalue weighted by Crippen LogP contribution is 2.30. The van der Waals surface area contributed by atoms with Gasteiger partial charge in [0.25, 0.3) is 5.91 Å². The van der Waals surface area contributed by atoms with E-state index >= 15 is 0 Å². The molecule has 0 radical (unpaired) electrons. The molecule has 0 saturated carbocycles. The molecule has 2 aromatic heterocycles. The first kappa shape index (κ1) is 18.7. The van der Waals surface area contributed by atoms with Gasteiger partial charge in [0.2, 0.25) is 0 Å². The van der Waals surface area contributed by atoms with E-state index in [1.54, 1.807) is 18.2 Å². The highest BCUT2D eigenvalue weighted by molar-refractivity contribution is 6.04. The minimum absolute atomic E-state index is 0.0615. The summed E-state index contributed by atoms with van der Waals surface area (Å²) < 4.78 is 40.5. The van der Waals surface area contributed by atoms with Gasteiger partial charge in [-0.1, -0.05) is 24.3 Å². The van der Waals surface area contributed by atoms with Crippen molar-refractivity contribution in [3.8, 4) is 11.3 Å². The second-order valence-electron chi connectivity index (χ2n) is 6.66. The standard InChI is InChI=1S/C22H16F3N3O/c1-14-5-4-10-28-13-19(27-20(14)28)15-6-3-9-18(12-15)26-21(29)16-7-2-8-17(11-16)22(23,24)25/h2-13H,1H3,(H,26,29). The van der Waals surface area contributed by atoms with E-state index in [0.717, 1.165) is 34.6 Å². The molecule has 7 heteroatoms. The number of amides is 1. The van der Waals surface area contributed by atoms with Gasteiger partial charge in [-0.05, 0) is 48.9 Å². The molecule has 2 aromatic carbocycles. The number of anilines is 1. The molecule has 4 rings (SSSR count). The Morgan fingerprint density at radius 1 is 1.03 bits per heavy atom. The first-order chi connectivity index (χ1) is 13.8. The fourth-order valence-corrected chi connectivity index (χ4v) is 3.09. The Balaban J connectivity index is 1.60. The first-order valence-electron chi connectivity index (χ1n) is 8.85. The van der Waals surface area contributed by atoms with Crippen LogP contribution in [0.1, 0.15) is 21.5 Å². The van der Waals surface area contributed by atoms with Crippen LogP contribution >= 0.6 is 0 Å². The van der Waals surface area contributed by atoms with Crippen molar-refractivity contribution in [2.75, 3.05) is 5.32 Å². The molecular formula is C22H16F3N3O. The number of pyridine rings is 1. The fraction of sp³-hybridized carbons (Fsp3) is 0.0909. The van der Waals surface area contributed by atoms with Gasteiger partial charge in [-0.2, -0.15) is 13.2 Å². The number of fused-ring (bicyclic) bond motifs is 1. The van der Waals surface area contributed by atoms with Crippen LogP contribution < -0.4 is 5.32 Å². The summed E-state index contributed by atoms with van der Waals surface area (Å²) in [6.07, 6.45) is -0.717. The maximum absolute atomic E-state index is 12.9. The number of benzene rings is 2. The molecule has 0 aliphatic carbocycles. The van der Waals surface area contributed by atoms with Crippen molar-refractivity contribution >= 4 is 17.2 Å². The molecule has 0 fully saturated rings. The predicted molar refractivity (Wildman–Crippen MR) is 105 cm³/mol. The predicted octanol–water partition coefficient (Wildman–Crippen LogP) is 5.58. The van der Waals surface area contributed by atoms with Gasteiger partial charge in [0.1, 0.15) is 5.65 Å². The van der Waals surface area contributed by atoms with Gasteiger partial charge in [0.15, 0.2) is 0 Å². The number of rotatable bonds is 3. The number of halogens is 3. The molecule has 0 aliphatic rings. The van der Waals surface area contributed by atoms with Crippen LogP contribution in [0.5, 0.6) is 0 Å². The summed E-state index contributed by atoms with van der Waals surface area (Å²) in [5, 5.41) is 2.65. The van der Waals surface area contributed by atoms with Crippen molar-refractivity contribution in [3.05, 3.63) is 89.7 Å². The molecule has 0 saturated heterocycles. The van der Waals surface area contributed by atoms with Crippen molar-refractivity contribution in [2.24, 2.45) is 0 Å². The number of alkyl halides is 3. The molecular weight excluding hydrogens is 379 g/mol. The second-order valence-corrected chi connectivity index (χ2v) is 6.66. The van der Waals surface area contributed by atoms with Crippen LogP contribution in [-0.4, -0.2) is 15.3 Å². The Kier molecular flexibility index (Phi) is 4.58. The number of nitrogens with one attached hydrogen (secondary N) is 1. The molecule has 146 valence electrons. The van der Waals surface area contributed by atoms with Gasteiger partial charge >= 0.3 is 6.18 Å². The Morgan fingerprint density at radius 2 is 1.83 bits per heavy atom. The number of imidazole rings is 1. The molecule has 2 heterocycles. The SMILES string of the molecule is Cc1cccn2cc(-c3cccc(NC(=O)c4cccc(C(F)(F)F)c4)c3)nc12. The van der Waals surface area contributed by atoms with Gasteiger partial charge in [-0.3, -0.25) is 4.79 Å². The maximum Gasteiger partial charge on any atom is 0.416 e. The van der Waals surface area contributed by atoms with Crippen molar-refractivity contribution in [1.82, 2.24) is 9.38 Å². The largest absolute Gasteiger partial charge is 0.416 e. The van der Waals surface area contributed by atoms with E-state index in [1.807, 2.05) is 41.9 Å². The van der Waals surface area contributed by atoms with Gasteiger partial charge in [0, 0.05) is 29.2 Å². The van der Waals surface area contributed by atoms with Crippen LogP contribution in [0.4, 0.5) is 18.9 Å². The zero-order chi connectivity index (χ0) is 20.6. The quantitative estimate of drug-likeness (QED) is 0.492. The Bertz CT molecular complexity index is 1210. The lowest BCUT2D eigenvalue weighted by Crippen LogP contribution is -2.13. The molecule has 29 heavy (non-hydrogen) atoms. The third-order valence-corrected chi connectivity index (χ3v) is 4.55. The molecule has 1 amide bonds. The lowest BCUT2D eigenvalue weighted by molar-refractivity contribution is -0.137. The monoisotopic (exact) mass is 395 g/mol. The van der Waals surface area contributed by atoms with Crippen molar-refractivity contribution in [3.63, 3.8) is 0 Å². The van der Waals surface area contributed by atoms with Crippen LogP contribution in [-0.2, 0) is 6.18 Å². The maximum atomic E-state index is 12.9. The Morgan fingerprint density at radius 3 is 2.59 bits per heavy atom. The highest BCUT2D eigenvalue weighted by Gasteiger charge is 2.30.